The summed E-state index contributed by atoms with van der Waals surface area (Å²) in [5, 5.41) is 10.2. The van der Waals surface area contributed by atoms with Gasteiger partial charge in [0.2, 0.25) is 5.91 Å². The van der Waals surface area contributed by atoms with Crippen LogP contribution in [0.15, 0.2) is 41.0 Å². The average molecular weight is 538 g/mol. The standard InChI is InChI=1S/C25H33N3O3.C2HF3O2/c1-18-20(8-15-31-18)24(30)28-12-9-25(10-13-28)17-19(21-6-4-5-7-22(21)25)16-23(29)26-11-14-27(2)3;3-2(4,5)1(6)7/h4-8,15,19H,9-14,16-17H2,1-3H3,(H,26,29);(H,6,7). The highest BCUT2D eigenvalue weighted by molar-refractivity contribution is 5.95. The van der Waals surface area contributed by atoms with Gasteiger partial charge in [-0.3, -0.25) is 9.59 Å². The van der Waals surface area contributed by atoms with E-state index in [9.17, 15) is 22.8 Å². The molecule has 1 aromatic carbocycles. The number of likely N-dealkylation sites (tertiary alicyclic amines) is 1. The van der Waals surface area contributed by atoms with Crippen molar-refractivity contribution in [2.75, 3.05) is 40.3 Å². The lowest BCUT2D eigenvalue weighted by Gasteiger charge is -2.40. The molecule has 4 rings (SSSR count). The van der Waals surface area contributed by atoms with Gasteiger partial charge in [0, 0.05) is 32.6 Å². The van der Waals surface area contributed by atoms with Crippen molar-refractivity contribution in [2.24, 2.45) is 0 Å². The van der Waals surface area contributed by atoms with Gasteiger partial charge in [-0.2, -0.15) is 13.2 Å². The molecule has 2 N–H and O–H groups in total. The summed E-state index contributed by atoms with van der Waals surface area (Å²) in [4.78, 5) is 38.4. The van der Waals surface area contributed by atoms with Crippen molar-refractivity contribution in [3.05, 3.63) is 59.0 Å². The quantitative estimate of drug-likeness (QED) is 0.579. The number of piperidine rings is 1. The molecule has 1 fully saturated rings. The van der Waals surface area contributed by atoms with Gasteiger partial charge in [-0.15, -0.1) is 0 Å². The summed E-state index contributed by atoms with van der Waals surface area (Å²) in [5.74, 6) is -1.65. The van der Waals surface area contributed by atoms with E-state index in [1.807, 2.05) is 25.9 Å². The largest absolute Gasteiger partial charge is 0.490 e. The van der Waals surface area contributed by atoms with Crippen LogP contribution < -0.4 is 5.32 Å². The normalized spacial score (nSPS) is 18.1. The van der Waals surface area contributed by atoms with Crippen molar-refractivity contribution in [2.45, 2.75) is 50.1 Å². The molecule has 38 heavy (non-hydrogen) atoms. The number of fused-ring (bicyclic) bond motifs is 2. The predicted molar refractivity (Wildman–Crippen MR) is 134 cm³/mol. The number of carboxylic acid groups (broad SMARTS) is 1. The van der Waals surface area contributed by atoms with Crippen molar-refractivity contribution in [1.29, 1.82) is 0 Å². The summed E-state index contributed by atoms with van der Waals surface area (Å²) in [6, 6.07) is 10.4. The van der Waals surface area contributed by atoms with Crippen molar-refractivity contribution in [3.63, 3.8) is 0 Å². The topological polar surface area (TPSA) is 103 Å². The van der Waals surface area contributed by atoms with E-state index in [0.29, 0.717) is 24.3 Å². The van der Waals surface area contributed by atoms with E-state index in [-0.39, 0.29) is 23.1 Å². The van der Waals surface area contributed by atoms with Crippen LogP contribution in [0.2, 0.25) is 0 Å². The third kappa shape index (κ3) is 6.94. The molecular weight excluding hydrogens is 503 g/mol. The molecule has 2 aromatic rings. The van der Waals surface area contributed by atoms with E-state index >= 15 is 0 Å². The molecule has 1 aliphatic carbocycles. The SMILES string of the molecule is Cc1occc1C(=O)N1CCC2(CC1)CC(CC(=O)NCCN(C)C)c1ccccc12.O=C(O)C(F)(F)F. The highest BCUT2D eigenvalue weighted by atomic mass is 19.4. The highest BCUT2D eigenvalue weighted by Crippen LogP contribution is 2.52. The zero-order chi connectivity index (χ0) is 28.1. The number of nitrogens with zero attached hydrogens (tertiary/aromatic N) is 2. The van der Waals surface area contributed by atoms with Gasteiger partial charge in [-0.25, -0.2) is 4.79 Å². The summed E-state index contributed by atoms with van der Waals surface area (Å²) in [6.45, 7) is 4.83. The fourth-order valence-corrected chi connectivity index (χ4v) is 5.31. The first-order valence-electron chi connectivity index (χ1n) is 12.5. The maximum absolute atomic E-state index is 12.9. The second-order valence-corrected chi connectivity index (χ2v) is 10.1. The number of benzene rings is 1. The van der Waals surface area contributed by atoms with Crippen LogP contribution in [0.3, 0.4) is 0 Å². The number of carbonyl (C=O) groups is 3. The molecule has 1 saturated heterocycles. The number of likely N-dealkylation sites (N-methyl/N-ethyl adjacent to an activating group) is 1. The average Bonchev–Trinajstić information content (AvgIpc) is 3.40. The molecule has 208 valence electrons. The molecule has 1 aromatic heterocycles. The Labute approximate surface area is 219 Å². The van der Waals surface area contributed by atoms with Gasteiger partial charge in [0.15, 0.2) is 0 Å². The molecule has 0 radical (unpaired) electrons. The summed E-state index contributed by atoms with van der Waals surface area (Å²) < 4.78 is 37.1. The zero-order valence-electron chi connectivity index (χ0n) is 21.8. The first-order valence-corrected chi connectivity index (χ1v) is 12.5. The van der Waals surface area contributed by atoms with Gasteiger partial charge in [0.1, 0.15) is 5.76 Å². The third-order valence-electron chi connectivity index (χ3n) is 7.26. The number of carbonyl (C=O) groups excluding carboxylic acids is 2. The molecule has 0 bridgehead atoms. The van der Waals surface area contributed by atoms with Crippen LogP contribution in [-0.2, 0) is 15.0 Å². The predicted octanol–water partition coefficient (Wildman–Crippen LogP) is 3.95. The maximum Gasteiger partial charge on any atom is 0.490 e. The van der Waals surface area contributed by atoms with Crippen LogP contribution >= 0.6 is 0 Å². The monoisotopic (exact) mass is 537 g/mol. The molecule has 2 aliphatic rings. The number of furan rings is 1. The number of carboxylic acids is 1. The smallest absolute Gasteiger partial charge is 0.475 e. The van der Waals surface area contributed by atoms with E-state index in [0.717, 1.165) is 38.9 Å². The minimum atomic E-state index is -5.08. The fraction of sp³-hybridized carbons (Fsp3) is 0.519. The Morgan fingerprint density at radius 1 is 1.16 bits per heavy atom. The van der Waals surface area contributed by atoms with Gasteiger partial charge in [-0.05, 0) is 68.8 Å². The first-order chi connectivity index (χ1) is 17.8. The molecule has 2 heterocycles. The van der Waals surface area contributed by atoms with Crippen molar-refractivity contribution < 1.29 is 37.1 Å². The van der Waals surface area contributed by atoms with Gasteiger partial charge in [0.05, 0.1) is 11.8 Å². The Morgan fingerprint density at radius 2 is 1.79 bits per heavy atom. The van der Waals surface area contributed by atoms with Gasteiger partial charge < -0.3 is 24.6 Å². The maximum atomic E-state index is 12.9. The van der Waals surface area contributed by atoms with Gasteiger partial charge in [0.25, 0.3) is 5.91 Å². The number of rotatable bonds is 6. The van der Waals surface area contributed by atoms with Crippen LogP contribution in [0, 0.1) is 6.92 Å². The van der Waals surface area contributed by atoms with Crippen molar-refractivity contribution in [1.82, 2.24) is 15.1 Å². The van der Waals surface area contributed by atoms with Crippen LogP contribution in [0.25, 0.3) is 0 Å². The summed E-state index contributed by atoms with van der Waals surface area (Å²) >= 11 is 0. The molecule has 1 aliphatic heterocycles. The number of aryl methyl sites for hydroxylation is 1. The van der Waals surface area contributed by atoms with Crippen LogP contribution in [-0.4, -0.2) is 79.1 Å². The third-order valence-corrected chi connectivity index (χ3v) is 7.26. The number of hydrogen-bond donors (Lipinski definition) is 2. The lowest BCUT2D eigenvalue weighted by atomic mass is 9.73. The van der Waals surface area contributed by atoms with E-state index in [4.69, 9.17) is 14.3 Å². The summed E-state index contributed by atoms with van der Waals surface area (Å²) in [7, 11) is 4.02. The Hall–Kier alpha value is -3.34. The fourth-order valence-electron chi connectivity index (χ4n) is 5.31. The minimum absolute atomic E-state index is 0.0594. The Bertz CT molecular complexity index is 1140. The van der Waals surface area contributed by atoms with Crippen LogP contribution in [0.4, 0.5) is 13.2 Å². The lowest BCUT2D eigenvalue weighted by Crippen LogP contribution is -2.44. The minimum Gasteiger partial charge on any atom is -0.475 e. The zero-order valence-corrected chi connectivity index (χ0v) is 21.8. The second kappa shape index (κ2) is 12.0. The van der Waals surface area contributed by atoms with Crippen LogP contribution in [0.1, 0.15) is 58.8 Å². The Kier molecular flexibility index (Phi) is 9.24. The molecule has 11 heteroatoms. The number of aliphatic carboxylic acids is 1. The summed E-state index contributed by atoms with van der Waals surface area (Å²) in [6.07, 6.45) is -0.116. The van der Waals surface area contributed by atoms with Crippen molar-refractivity contribution in [3.8, 4) is 0 Å². The number of alkyl halides is 3. The van der Waals surface area contributed by atoms with Crippen molar-refractivity contribution >= 4 is 17.8 Å². The Balaban J connectivity index is 0.000000505. The van der Waals surface area contributed by atoms with E-state index in [2.05, 4.69) is 34.5 Å². The molecule has 1 atom stereocenters. The lowest BCUT2D eigenvalue weighted by molar-refractivity contribution is -0.192. The summed E-state index contributed by atoms with van der Waals surface area (Å²) in [5.41, 5.74) is 3.42. The first kappa shape index (κ1) is 29.2. The highest BCUT2D eigenvalue weighted by Gasteiger charge is 2.46. The molecular formula is C27H34F3N3O5. The molecule has 2 amide bonds. The van der Waals surface area contributed by atoms with Gasteiger partial charge in [-0.1, -0.05) is 24.3 Å². The Morgan fingerprint density at radius 3 is 2.34 bits per heavy atom. The molecule has 1 spiro atoms. The molecule has 0 saturated carbocycles. The van der Waals surface area contributed by atoms with E-state index < -0.39 is 12.1 Å². The molecule has 1 unspecified atom stereocenters. The number of amides is 2. The number of nitrogens with one attached hydrogen (secondary N) is 1. The van der Waals surface area contributed by atoms with Gasteiger partial charge >= 0.3 is 12.1 Å². The van der Waals surface area contributed by atoms with E-state index in [1.54, 1.807) is 12.3 Å². The van der Waals surface area contributed by atoms with Crippen LogP contribution in [0.5, 0.6) is 0 Å². The second-order valence-electron chi connectivity index (χ2n) is 10.1. The number of halogens is 3. The van der Waals surface area contributed by atoms with E-state index in [1.165, 1.54) is 11.1 Å². The number of hydrogen-bond acceptors (Lipinski definition) is 5. The molecule has 8 nitrogen and oxygen atoms in total.